The summed E-state index contributed by atoms with van der Waals surface area (Å²) in [5, 5.41) is 3.24. The zero-order valence-electron chi connectivity index (χ0n) is 11.2. The molecule has 0 aliphatic carbocycles. The van der Waals surface area contributed by atoms with Crippen molar-refractivity contribution in [1.82, 2.24) is 0 Å². The fraction of sp³-hybridized carbons (Fsp3) is 0.200. The average molecular weight is 421 g/mol. The van der Waals surface area contributed by atoms with Crippen molar-refractivity contribution in [2.45, 2.75) is 13.0 Å². The van der Waals surface area contributed by atoms with Crippen LogP contribution < -0.4 is 10.1 Å². The number of rotatable bonds is 5. The Morgan fingerprint density at radius 2 is 1.76 bits per heavy atom. The van der Waals surface area contributed by atoms with Gasteiger partial charge in [-0.1, -0.05) is 24.3 Å². The lowest BCUT2D eigenvalue weighted by Gasteiger charge is -2.12. The summed E-state index contributed by atoms with van der Waals surface area (Å²) in [6.45, 7) is 0.535. The van der Waals surface area contributed by atoms with Crippen LogP contribution >= 0.6 is 31.9 Å². The first-order chi connectivity index (χ1) is 10.0. The maximum atomic E-state index is 12.5. The predicted molar refractivity (Wildman–Crippen MR) is 87.1 cm³/mol. The van der Waals surface area contributed by atoms with Gasteiger partial charge in [-0.05, 0) is 43.5 Å². The van der Waals surface area contributed by atoms with Crippen LogP contribution in [0, 0.1) is 0 Å². The highest BCUT2D eigenvalue weighted by molar-refractivity contribution is 9.11. The smallest absolute Gasteiger partial charge is 0.263 e. The van der Waals surface area contributed by atoms with E-state index >= 15 is 0 Å². The van der Waals surface area contributed by atoms with Crippen LogP contribution in [0.4, 0.5) is 14.5 Å². The molecule has 2 aromatic carbocycles. The first-order valence-corrected chi connectivity index (χ1v) is 7.73. The molecule has 0 unspecified atom stereocenters. The van der Waals surface area contributed by atoms with Gasteiger partial charge < -0.3 is 10.1 Å². The van der Waals surface area contributed by atoms with Gasteiger partial charge in [0.05, 0.1) is 17.3 Å². The number of halogens is 4. The predicted octanol–water partition coefficient (Wildman–Crippen LogP) is 5.77. The van der Waals surface area contributed by atoms with Crippen molar-refractivity contribution in [3.8, 4) is 5.75 Å². The minimum absolute atomic E-state index is 0.0326. The number of methoxy groups -OCH3 is 1. The van der Waals surface area contributed by atoms with Crippen LogP contribution in [0.1, 0.15) is 17.6 Å². The minimum atomic E-state index is -2.43. The number of hydrogen-bond donors (Lipinski definition) is 1. The van der Waals surface area contributed by atoms with Crippen LogP contribution in [0.5, 0.6) is 5.75 Å². The zero-order valence-corrected chi connectivity index (χ0v) is 14.3. The highest BCUT2D eigenvalue weighted by Crippen LogP contribution is 2.34. The molecule has 0 spiro atoms. The maximum Gasteiger partial charge on any atom is 0.263 e. The molecule has 0 radical (unpaired) electrons. The van der Waals surface area contributed by atoms with Crippen molar-refractivity contribution in [2.75, 3.05) is 12.4 Å². The van der Waals surface area contributed by atoms with Crippen LogP contribution in [-0.2, 0) is 6.54 Å². The van der Waals surface area contributed by atoms with Crippen molar-refractivity contribution in [2.24, 2.45) is 0 Å². The number of hydrogen-bond acceptors (Lipinski definition) is 2. The van der Waals surface area contributed by atoms with E-state index in [1.54, 1.807) is 19.2 Å². The Morgan fingerprint density at radius 3 is 2.33 bits per heavy atom. The average Bonchev–Trinajstić information content (AvgIpc) is 2.47. The topological polar surface area (TPSA) is 21.3 Å². The second-order valence-electron chi connectivity index (χ2n) is 4.36. The molecular formula is C15H13Br2F2NO. The summed E-state index contributed by atoms with van der Waals surface area (Å²) in [5.74, 6) is 0.716. The third-order valence-corrected chi connectivity index (χ3v) is 4.23. The number of benzene rings is 2. The molecule has 21 heavy (non-hydrogen) atoms. The number of anilines is 1. The van der Waals surface area contributed by atoms with Crippen LogP contribution in [-0.4, -0.2) is 7.11 Å². The molecule has 6 heteroatoms. The van der Waals surface area contributed by atoms with Gasteiger partial charge in [0.15, 0.2) is 0 Å². The Morgan fingerprint density at radius 1 is 1.10 bits per heavy atom. The monoisotopic (exact) mass is 419 g/mol. The molecule has 1 N–H and O–H groups in total. The van der Waals surface area contributed by atoms with E-state index < -0.39 is 6.43 Å². The number of nitrogens with one attached hydrogen (secondary N) is 1. The lowest BCUT2D eigenvalue weighted by atomic mass is 10.1. The van der Waals surface area contributed by atoms with Gasteiger partial charge in [0.2, 0.25) is 0 Å². The molecule has 0 aliphatic heterocycles. The molecule has 112 valence electrons. The first-order valence-electron chi connectivity index (χ1n) is 6.15. The van der Waals surface area contributed by atoms with Crippen molar-refractivity contribution in [3.05, 3.63) is 56.5 Å². The van der Waals surface area contributed by atoms with Crippen LogP contribution in [0.3, 0.4) is 0 Å². The van der Waals surface area contributed by atoms with E-state index in [1.807, 2.05) is 12.1 Å². The standard InChI is InChI=1S/C15H13Br2F2NO/c1-21-14-7-13(11(16)6-12(14)17)20-8-9-2-4-10(5-3-9)15(18)19/h2-7,15,20H,8H2,1H3. The molecule has 0 fully saturated rings. The fourth-order valence-electron chi connectivity index (χ4n) is 1.80. The number of ether oxygens (including phenoxy) is 1. The summed E-state index contributed by atoms with van der Waals surface area (Å²) in [7, 11) is 1.60. The lowest BCUT2D eigenvalue weighted by molar-refractivity contribution is 0.151. The SMILES string of the molecule is COc1cc(NCc2ccc(C(F)F)cc2)c(Br)cc1Br. The normalized spacial score (nSPS) is 10.8. The Bertz CT molecular complexity index is 618. The fourth-order valence-corrected chi connectivity index (χ4v) is 3.10. The summed E-state index contributed by atoms with van der Waals surface area (Å²) < 4.78 is 31.9. The van der Waals surface area contributed by atoms with E-state index in [9.17, 15) is 8.78 Å². The van der Waals surface area contributed by atoms with E-state index in [0.29, 0.717) is 12.3 Å². The summed E-state index contributed by atoms with van der Waals surface area (Å²) in [6.07, 6.45) is -2.43. The molecule has 0 saturated heterocycles. The Labute approximate surface area is 138 Å². The van der Waals surface area contributed by atoms with Gasteiger partial charge in [0.1, 0.15) is 5.75 Å². The van der Waals surface area contributed by atoms with Crippen molar-refractivity contribution < 1.29 is 13.5 Å². The largest absolute Gasteiger partial charge is 0.495 e. The van der Waals surface area contributed by atoms with E-state index in [0.717, 1.165) is 20.2 Å². The highest BCUT2D eigenvalue weighted by Gasteiger charge is 2.08. The Kier molecular flexibility index (Phi) is 5.58. The van der Waals surface area contributed by atoms with Gasteiger partial charge in [0.25, 0.3) is 6.43 Å². The van der Waals surface area contributed by atoms with E-state index in [-0.39, 0.29) is 5.56 Å². The van der Waals surface area contributed by atoms with Crippen molar-refractivity contribution >= 4 is 37.5 Å². The second-order valence-corrected chi connectivity index (χ2v) is 6.07. The van der Waals surface area contributed by atoms with E-state index in [4.69, 9.17) is 4.74 Å². The van der Waals surface area contributed by atoms with Crippen molar-refractivity contribution in [1.29, 1.82) is 0 Å². The minimum Gasteiger partial charge on any atom is -0.495 e. The molecule has 0 atom stereocenters. The zero-order chi connectivity index (χ0) is 15.4. The molecule has 0 bridgehead atoms. The molecule has 0 aliphatic rings. The molecule has 0 amide bonds. The van der Waals surface area contributed by atoms with Gasteiger partial charge in [-0.25, -0.2) is 8.78 Å². The molecular weight excluding hydrogens is 408 g/mol. The van der Waals surface area contributed by atoms with Crippen LogP contribution in [0.2, 0.25) is 0 Å². The molecule has 2 rings (SSSR count). The van der Waals surface area contributed by atoms with Gasteiger partial charge >= 0.3 is 0 Å². The van der Waals surface area contributed by atoms with Crippen LogP contribution in [0.25, 0.3) is 0 Å². The Hall–Kier alpha value is -1.14. The first kappa shape index (κ1) is 16.2. The van der Waals surface area contributed by atoms with Gasteiger partial charge in [-0.15, -0.1) is 0 Å². The third-order valence-electron chi connectivity index (χ3n) is 2.96. The third kappa shape index (κ3) is 4.17. The molecule has 0 aromatic heterocycles. The molecule has 2 aromatic rings. The number of alkyl halides is 2. The summed E-state index contributed by atoms with van der Waals surface area (Å²) in [6, 6.07) is 10.0. The van der Waals surface area contributed by atoms with Gasteiger partial charge in [-0.2, -0.15) is 0 Å². The lowest BCUT2D eigenvalue weighted by Crippen LogP contribution is -2.01. The van der Waals surface area contributed by atoms with Gasteiger partial charge in [0, 0.05) is 22.6 Å². The van der Waals surface area contributed by atoms with Gasteiger partial charge in [-0.3, -0.25) is 0 Å². The van der Waals surface area contributed by atoms with E-state index in [2.05, 4.69) is 37.2 Å². The molecule has 0 saturated carbocycles. The summed E-state index contributed by atoms with van der Waals surface area (Å²) in [4.78, 5) is 0. The Balaban J connectivity index is 2.09. The second kappa shape index (κ2) is 7.22. The quantitative estimate of drug-likeness (QED) is 0.662. The molecule has 2 nitrogen and oxygen atoms in total. The molecule has 0 heterocycles. The summed E-state index contributed by atoms with van der Waals surface area (Å²) >= 11 is 6.87. The summed E-state index contributed by atoms with van der Waals surface area (Å²) in [5.41, 5.74) is 1.83. The highest BCUT2D eigenvalue weighted by atomic mass is 79.9. The van der Waals surface area contributed by atoms with Crippen LogP contribution in [0.15, 0.2) is 45.3 Å². The van der Waals surface area contributed by atoms with E-state index in [1.165, 1.54) is 12.1 Å². The van der Waals surface area contributed by atoms with Crippen molar-refractivity contribution in [3.63, 3.8) is 0 Å². The maximum absolute atomic E-state index is 12.5.